The minimum atomic E-state index is -4.89. The number of hydrogen-bond donors (Lipinski definition) is 1. The van der Waals surface area contributed by atoms with E-state index in [2.05, 4.69) is 19.8 Å². The molecule has 1 spiro atoms. The lowest BCUT2D eigenvalue weighted by Gasteiger charge is -2.37. The molecule has 0 amide bonds. The van der Waals surface area contributed by atoms with Crippen molar-refractivity contribution in [2.24, 2.45) is 11.3 Å². The number of pyridine rings is 1. The van der Waals surface area contributed by atoms with Gasteiger partial charge in [-0.3, -0.25) is 9.88 Å². The van der Waals surface area contributed by atoms with Crippen molar-refractivity contribution in [2.75, 3.05) is 36.9 Å². The van der Waals surface area contributed by atoms with Crippen LogP contribution in [0.2, 0.25) is 5.02 Å². The number of nitrogens with zero attached hydrogens (tertiary/aromatic N) is 5. The van der Waals surface area contributed by atoms with Crippen LogP contribution < -0.4 is 15.4 Å². The predicted octanol–water partition coefficient (Wildman–Crippen LogP) is 7.32. The van der Waals surface area contributed by atoms with Gasteiger partial charge in [0.15, 0.2) is 5.82 Å². The third-order valence-corrected chi connectivity index (χ3v) is 11.2. The van der Waals surface area contributed by atoms with Crippen LogP contribution in [0.3, 0.4) is 0 Å². The van der Waals surface area contributed by atoms with Gasteiger partial charge in [-0.25, -0.2) is 8.78 Å². The molecular formula is C32H32ClF5N6O. The minimum Gasteiger partial charge on any atom is -0.461 e. The second kappa shape index (κ2) is 10.1. The fraction of sp³-hybridized carbons (Fsp3) is 0.531. The first kappa shape index (κ1) is 29.2. The lowest BCUT2D eigenvalue weighted by atomic mass is 9.80. The number of nitrogen functional groups attached to an aromatic ring is 1. The summed E-state index contributed by atoms with van der Waals surface area (Å²) in [6, 6.07) is 2.17. The van der Waals surface area contributed by atoms with Gasteiger partial charge in [-0.05, 0) is 80.5 Å². The Morgan fingerprint density at radius 2 is 1.96 bits per heavy atom. The minimum absolute atomic E-state index is 0.0340. The first-order valence-electron chi connectivity index (χ1n) is 15.5. The highest BCUT2D eigenvalue weighted by molar-refractivity contribution is 6.32. The van der Waals surface area contributed by atoms with Crippen molar-refractivity contribution in [3.8, 4) is 17.3 Å². The monoisotopic (exact) mass is 646 g/mol. The summed E-state index contributed by atoms with van der Waals surface area (Å²) >= 11 is 5.99. The molecule has 5 heterocycles. The van der Waals surface area contributed by atoms with E-state index in [4.69, 9.17) is 27.1 Å². The van der Waals surface area contributed by atoms with Gasteiger partial charge in [0.2, 0.25) is 0 Å². The summed E-state index contributed by atoms with van der Waals surface area (Å²) in [7, 11) is 0. The standard InChI is InChI=1S/C32H32ClF5N6O/c33-22-11-19(39)10-20(24(22)32(36,37)38)26-25(35)27-21(14-40-26)28(44-7-2-1-3-18-9-23(18)44)42-29(41-27)45-16-31-12-17(13-34)15-43(31)8-6-30(31)4-5-30/h10-11,13-14,18,23H,1-9,12,15-16,39H2/b17-13+/t18-,23+,31-/m0/s1. The second-order valence-electron chi connectivity index (χ2n) is 13.4. The van der Waals surface area contributed by atoms with Crippen LogP contribution >= 0.6 is 11.6 Å². The average molecular weight is 647 g/mol. The highest BCUT2D eigenvalue weighted by Crippen LogP contribution is 2.66. The molecule has 3 aromatic rings. The molecule has 45 heavy (non-hydrogen) atoms. The molecule has 7 nitrogen and oxygen atoms in total. The Kier molecular flexibility index (Phi) is 6.56. The van der Waals surface area contributed by atoms with Gasteiger partial charge in [0.25, 0.3) is 0 Å². The van der Waals surface area contributed by atoms with Crippen molar-refractivity contribution < 1.29 is 26.7 Å². The normalized spacial score (nSPS) is 28.0. The number of hydrogen-bond acceptors (Lipinski definition) is 7. The van der Waals surface area contributed by atoms with E-state index in [1.807, 2.05) is 0 Å². The summed E-state index contributed by atoms with van der Waals surface area (Å²) in [5.74, 6) is -0.0762. The van der Waals surface area contributed by atoms with E-state index in [0.29, 0.717) is 43.0 Å². The molecule has 2 aromatic heterocycles. The molecular weight excluding hydrogens is 615 g/mol. The van der Waals surface area contributed by atoms with Gasteiger partial charge in [0, 0.05) is 36.6 Å². The molecule has 238 valence electrons. The molecule has 3 aliphatic heterocycles. The Labute approximate surface area is 261 Å². The Morgan fingerprint density at radius 1 is 1.13 bits per heavy atom. The van der Waals surface area contributed by atoms with Crippen molar-refractivity contribution in [3.63, 3.8) is 0 Å². The molecule has 2 saturated carbocycles. The van der Waals surface area contributed by atoms with E-state index >= 15 is 4.39 Å². The van der Waals surface area contributed by atoms with Crippen LogP contribution in [-0.4, -0.2) is 57.7 Å². The van der Waals surface area contributed by atoms with E-state index in [-0.39, 0.29) is 35.3 Å². The molecule has 3 saturated heterocycles. The van der Waals surface area contributed by atoms with E-state index in [0.717, 1.165) is 69.2 Å². The number of ether oxygens (including phenoxy) is 1. The number of aromatic nitrogens is 3. The van der Waals surface area contributed by atoms with Gasteiger partial charge in [-0.1, -0.05) is 18.0 Å². The zero-order chi connectivity index (χ0) is 31.3. The lowest BCUT2D eigenvalue weighted by Crippen LogP contribution is -2.49. The number of anilines is 2. The van der Waals surface area contributed by atoms with Crippen LogP contribution in [0.4, 0.5) is 33.5 Å². The van der Waals surface area contributed by atoms with E-state index in [9.17, 15) is 17.6 Å². The molecule has 2 aliphatic carbocycles. The third kappa shape index (κ3) is 4.57. The fourth-order valence-electron chi connectivity index (χ4n) is 8.39. The van der Waals surface area contributed by atoms with Gasteiger partial charge in [-0.15, -0.1) is 0 Å². The Morgan fingerprint density at radius 3 is 2.71 bits per heavy atom. The summed E-state index contributed by atoms with van der Waals surface area (Å²) < 4.78 is 79.0. The van der Waals surface area contributed by atoms with Crippen molar-refractivity contribution in [1.82, 2.24) is 19.9 Å². The Hall–Kier alpha value is -3.25. The van der Waals surface area contributed by atoms with Gasteiger partial charge in [0.05, 0.1) is 27.8 Å². The highest BCUT2D eigenvalue weighted by atomic mass is 35.5. The number of alkyl halides is 3. The summed E-state index contributed by atoms with van der Waals surface area (Å²) in [5, 5.41) is -0.356. The van der Waals surface area contributed by atoms with Gasteiger partial charge < -0.3 is 15.4 Å². The topological polar surface area (TPSA) is 80.4 Å². The van der Waals surface area contributed by atoms with Crippen molar-refractivity contribution in [2.45, 2.75) is 69.1 Å². The maximum atomic E-state index is 16.6. The molecule has 0 bridgehead atoms. The van der Waals surface area contributed by atoms with Crippen molar-refractivity contribution in [3.05, 3.63) is 46.6 Å². The number of rotatable bonds is 5. The molecule has 8 rings (SSSR count). The maximum Gasteiger partial charge on any atom is 0.418 e. The molecule has 1 aromatic carbocycles. The van der Waals surface area contributed by atoms with E-state index in [1.165, 1.54) is 6.20 Å². The van der Waals surface area contributed by atoms with Crippen LogP contribution in [0, 0.1) is 17.2 Å². The number of nitrogens with two attached hydrogens (primary N) is 1. The third-order valence-electron chi connectivity index (χ3n) is 10.9. The summed E-state index contributed by atoms with van der Waals surface area (Å²) in [4.78, 5) is 17.9. The van der Waals surface area contributed by atoms with E-state index in [1.54, 1.807) is 0 Å². The predicted molar refractivity (Wildman–Crippen MR) is 160 cm³/mol. The van der Waals surface area contributed by atoms with Gasteiger partial charge in [-0.2, -0.15) is 23.1 Å². The quantitative estimate of drug-likeness (QED) is 0.230. The summed E-state index contributed by atoms with van der Waals surface area (Å²) in [5.41, 5.74) is 3.59. The number of halogens is 6. The van der Waals surface area contributed by atoms with Crippen molar-refractivity contribution in [1.29, 1.82) is 0 Å². The number of benzene rings is 1. The van der Waals surface area contributed by atoms with Crippen LogP contribution in [0.5, 0.6) is 6.01 Å². The lowest BCUT2D eigenvalue weighted by molar-refractivity contribution is -0.137. The Bertz CT molecular complexity index is 1750. The number of fused-ring (bicyclic) bond motifs is 4. The van der Waals surface area contributed by atoms with Crippen LogP contribution in [0.1, 0.15) is 56.9 Å². The van der Waals surface area contributed by atoms with Crippen LogP contribution in [0.25, 0.3) is 22.2 Å². The fourth-order valence-corrected chi connectivity index (χ4v) is 8.73. The Balaban J connectivity index is 1.26. The maximum absolute atomic E-state index is 16.6. The molecule has 5 aliphatic rings. The van der Waals surface area contributed by atoms with E-state index < -0.39 is 39.4 Å². The van der Waals surface area contributed by atoms with Gasteiger partial charge in [0.1, 0.15) is 23.6 Å². The zero-order valence-electron chi connectivity index (χ0n) is 24.4. The highest BCUT2D eigenvalue weighted by Gasteiger charge is 2.67. The van der Waals surface area contributed by atoms with Crippen molar-refractivity contribution >= 4 is 34.0 Å². The van der Waals surface area contributed by atoms with Crippen LogP contribution in [0.15, 0.2) is 30.2 Å². The average Bonchev–Trinajstić information content (AvgIpc) is 3.88. The molecule has 2 N–H and O–H groups in total. The summed E-state index contributed by atoms with van der Waals surface area (Å²) in [6.45, 7) is 2.28. The molecule has 0 radical (unpaired) electrons. The molecule has 3 atom stereocenters. The van der Waals surface area contributed by atoms with Crippen LogP contribution in [-0.2, 0) is 6.18 Å². The largest absolute Gasteiger partial charge is 0.461 e. The molecule has 5 fully saturated rings. The summed E-state index contributed by atoms with van der Waals surface area (Å²) in [6.07, 6.45) is 4.83. The first-order valence-corrected chi connectivity index (χ1v) is 15.9. The molecule has 0 unspecified atom stereocenters. The van der Waals surface area contributed by atoms with Gasteiger partial charge >= 0.3 is 12.2 Å². The SMILES string of the molecule is Nc1cc(Cl)c(C(F)(F)F)c(-c2ncc3c(N4CCCC[C@H]5C[C@H]54)nc(OC[C@]45C/C(=C\F)CN4CCC54CC4)nc3c2F)c1. The zero-order valence-corrected chi connectivity index (χ0v) is 25.2. The second-order valence-corrected chi connectivity index (χ2v) is 13.8. The molecule has 13 heteroatoms. The smallest absolute Gasteiger partial charge is 0.418 e. The first-order chi connectivity index (χ1) is 21.5.